The molecule has 1 aromatic rings. The van der Waals surface area contributed by atoms with E-state index in [1.807, 2.05) is 39.0 Å². The molecular weight excluding hydrogens is 362 g/mol. The smallest absolute Gasteiger partial charge is 0.239 e. The van der Waals surface area contributed by atoms with Crippen LogP contribution in [0.15, 0.2) is 30.3 Å². The van der Waals surface area contributed by atoms with Crippen LogP contribution in [0.4, 0.5) is 0 Å². The number of aliphatic hydroxyl groups is 1. The van der Waals surface area contributed by atoms with Crippen LogP contribution in [0, 0.1) is 0 Å². The fraction of sp³-hybridized carbons (Fsp3) is 0.708. The molecule has 1 aromatic carbocycles. The van der Waals surface area contributed by atoms with Crippen LogP contribution in [0.1, 0.15) is 59.4 Å². The number of aryl methyl sites for hydroxylation is 1. The first kappa shape index (κ1) is 23.8. The molecule has 1 amide bonds. The van der Waals surface area contributed by atoms with Crippen LogP contribution < -0.4 is 5.32 Å². The normalized spacial score (nSPS) is 20.0. The highest BCUT2D eigenvalue weighted by Gasteiger charge is 2.36. The SMILES string of the molecule is CCC(CC)N1CCN(C[C@H](O)CCc2ccccc2)C(C(=O)NC(C)(C)C)C1. The molecule has 2 rings (SSSR count). The molecule has 0 bridgehead atoms. The average Bonchev–Trinajstić information content (AvgIpc) is 2.67. The minimum Gasteiger partial charge on any atom is -0.392 e. The molecule has 1 unspecified atom stereocenters. The van der Waals surface area contributed by atoms with Crippen LogP contribution in [0.5, 0.6) is 0 Å². The number of amides is 1. The van der Waals surface area contributed by atoms with Gasteiger partial charge in [0.05, 0.1) is 6.10 Å². The summed E-state index contributed by atoms with van der Waals surface area (Å²) in [5.74, 6) is 0.0726. The maximum atomic E-state index is 13.1. The largest absolute Gasteiger partial charge is 0.392 e. The molecule has 1 aliphatic heterocycles. The fourth-order valence-corrected chi connectivity index (χ4v) is 4.24. The van der Waals surface area contributed by atoms with Crippen LogP contribution in [0.25, 0.3) is 0 Å². The molecule has 0 spiro atoms. The Labute approximate surface area is 177 Å². The number of benzene rings is 1. The zero-order valence-corrected chi connectivity index (χ0v) is 19.0. The Hall–Kier alpha value is -1.43. The Balaban J connectivity index is 2.01. The van der Waals surface area contributed by atoms with E-state index in [2.05, 4.69) is 41.1 Å². The lowest BCUT2D eigenvalue weighted by Gasteiger charge is -2.44. The number of aliphatic hydroxyl groups excluding tert-OH is 1. The van der Waals surface area contributed by atoms with Crippen molar-refractivity contribution in [2.24, 2.45) is 0 Å². The van der Waals surface area contributed by atoms with Gasteiger partial charge < -0.3 is 10.4 Å². The summed E-state index contributed by atoms with van der Waals surface area (Å²) in [4.78, 5) is 17.7. The maximum Gasteiger partial charge on any atom is 0.239 e. The minimum absolute atomic E-state index is 0.0726. The first-order chi connectivity index (χ1) is 13.7. The van der Waals surface area contributed by atoms with Crippen LogP contribution in [-0.4, -0.2) is 70.7 Å². The van der Waals surface area contributed by atoms with Crippen LogP contribution in [0.3, 0.4) is 0 Å². The Kier molecular flexibility index (Phi) is 9.12. The summed E-state index contributed by atoms with van der Waals surface area (Å²) in [7, 11) is 0. The Morgan fingerprint density at radius 3 is 2.41 bits per heavy atom. The van der Waals surface area contributed by atoms with E-state index in [0.29, 0.717) is 19.0 Å². The van der Waals surface area contributed by atoms with E-state index < -0.39 is 6.10 Å². The molecule has 2 atom stereocenters. The van der Waals surface area contributed by atoms with Gasteiger partial charge in [-0.05, 0) is 52.0 Å². The Bertz CT molecular complexity index is 610. The minimum atomic E-state index is -0.431. The molecule has 1 aliphatic rings. The second kappa shape index (κ2) is 11.1. The first-order valence-corrected chi connectivity index (χ1v) is 11.3. The number of β-amino-alcohol motifs (C(OH)–C–C–N with tert-alkyl or cyclic N) is 1. The lowest BCUT2D eigenvalue weighted by molar-refractivity contribution is -0.131. The van der Waals surface area contributed by atoms with Crippen LogP contribution >= 0.6 is 0 Å². The third-order valence-corrected chi connectivity index (χ3v) is 5.84. The van der Waals surface area contributed by atoms with E-state index in [9.17, 15) is 9.90 Å². The van der Waals surface area contributed by atoms with Crippen molar-refractivity contribution in [3.63, 3.8) is 0 Å². The zero-order chi connectivity index (χ0) is 21.4. The summed E-state index contributed by atoms with van der Waals surface area (Å²) < 4.78 is 0. The molecule has 1 heterocycles. The molecule has 0 saturated carbocycles. The van der Waals surface area contributed by atoms with Crippen LogP contribution in [0.2, 0.25) is 0 Å². The average molecular weight is 404 g/mol. The van der Waals surface area contributed by atoms with Gasteiger partial charge in [-0.15, -0.1) is 0 Å². The number of carbonyl (C=O) groups excluding carboxylic acids is 1. The van der Waals surface area contributed by atoms with Gasteiger partial charge in [-0.2, -0.15) is 0 Å². The van der Waals surface area contributed by atoms with E-state index in [4.69, 9.17) is 0 Å². The van der Waals surface area contributed by atoms with Crippen molar-refractivity contribution >= 4 is 5.91 Å². The summed E-state index contributed by atoms with van der Waals surface area (Å²) >= 11 is 0. The van der Waals surface area contributed by atoms with Crippen molar-refractivity contribution in [1.82, 2.24) is 15.1 Å². The predicted octanol–water partition coefficient (Wildman–Crippen LogP) is 3.07. The van der Waals surface area contributed by atoms with Gasteiger partial charge in [-0.25, -0.2) is 0 Å². The number of nitrogens with one attached hydrogen (secondary N) is 1. The van der Waals surface area contributed by atoms with E-state index in [1.54, 1.807) is 0 Å². The van der Waals surface area contributed by atoms with Gasteiger partial charge in [0.2, 0.25) is 5.91 Å². The summed E-state index contributed by atoms with van der Waals surface area (Å²) in [5, 5.41) is 13.8. The van der Waals surface area contributed by atoms with Gasteiger partial charge >= 0.3 is 0 Å². The van der Waals surface area contributed by atoms with Gasteiger partial charge in [0, 0.05) is 37.8 Å². The summed E-state index contributed by atoms with van der Waals surface area (Å²) in [6.45, 7) is 13.6. The Morgan fingerprint density at radius 1 is 1.17 bits per heavy atom. The summed E-state index contributed by atoms with van der Waals surface area (Å²) in [6.07, 6.45) is 3.34. The number of rotatable bonds is 9. The van der Waals surface area contributed by atoms with Crippen molar-refractivity contribution < 1.29 is 9.90 Å². The van der Waals surface area contributed by atoms with E-state index in [0.717, 1.165) is 38.9 Å². The monoisotopic (exact) mass is 403 g/mol. The number of nitrogens with zero attached hydrogens (tertiary/aromatic N) is 2. The quantitative estimate of drug-likeness (QED) is 0.665. The third kappa shape index (κ3) is 7.72. The van der Waals surface area contributed by atoms with Gasteiger partial charge in [0.1, 0.15) is 6.04 Å². The second-order valence-corrected chi connectivity index (χ2v) is 9.39. The van der Waals surface area contributed by atoms with Crippen molar-refractivity contribution in [2.45, 2.75) is 84.0 Å². The highest BCUT2D eigenvalue weighted by molar-refractivity contribution is 5.82. The van der Waals surface area contributed by atoms with Gasteiger partial charge in [-0.1, -0.05) is 44.2 Å². The molecule has 0 aromatic heterocycles. The first-order valence-electron chi connectivity index (χ1n) is 11.3. The van der Waals surface area contributed by atoms with Crippen molar-refractivity contribution in [3.05, 3.63) is 35.9 Å². The summed E-state index contributed by atoms with van der Waals surface area (Å²) in [6, 6.07) is 10.6. The number of carbonyl (C=O) groups is 1. The van der Waals surface area contributed by atoms with Crippen molar-refractivity contribution in [1.29, 1.82) is 0 Å². The molecule has 1 saturated heterocycles. The molecule has 2 N–H and O–H groups in total. The third-order valence-electron chi connectivity index (χ3n) is 5.84. The van der Waals surface area contributed by atoms with Crippen LogP contribution in [-0.2, 0) is 11.2 Å². The molecule has 29 heavy (non-hydrogen) atoms. The summed E-state index contributed by atoms with van der Waals surface area (Å²) in [5.41, 5.74) is 0.985. The molecule has 1 fully saturated rings. The van der Waals surface area contributed by atoms with Gasteiger partial charge in [-0.3, -0.25) is 14.6 Å². The molecule has 5 nitrogen and oxygen atoms in total. The molecule has 164 valence electrons. The Morgan fingerprint density at radius 2 is 1.83 bits per heavy atom. The molecule has 0 aliphatic carbocycles. The van der Waals surface area contributed by atoms with Gasteiger partial charge in [0.25, 0.3) is 0 Å². The fourth-order valence-electron chi connectivity index (χ4n) is 4.24. The topological polar surface area (TPSA) is 55.8 Å². The van der Waals surface area contributed by atoms with Crippen molar-refractivity contribution in [3.8, 4) is 0 Å². The standard InChI is InChI=1S/C24H41N3O2/c1-6-20(7-2)26-15-16-27(22(18-26)23(29)25-24(3,4)5)17-21(28)14-13-19-11-9-8-10-12-19/h8-12,20-22,28H,6-7,13-18H2,1-5H3,(H,25,29)/t21-,22?/m1/s1. The number of piperazine rings is 1. The van der Waals surface area contributed by atoms with Crippen molar-refractivity contribution in [2.75, 3.05) is 26.2 Å². The van der Waals surface area contributed by atoms with E-state index >= 15 is 0 Å². The zero-order valence-electron chi connectivity index (χ0n) is 19.0. The maximum absolute atomic E-state index is 13.1. The number of hydrogen-bond donors (Lipinski definition) is 2. The number of hydrogen-bond acceptors (Lipinski definition) is 4. The van der Waals surface area contributed by atoms with Gasteiger partial charge in [0.15, 0.2) is 0 Å². The highest BCUT2D eigenvalue weighted by atomic mass is 16.3. The van der Waals surface area contributed by atoms with E-state index in [-0.39, 0.29) is 17.5 Å². The lowest BCUT2D eigenvalue weighted by atomic mass is 10.0. The highest BCUT2D eigenvalue weighted by Crippen LogP contribution is 2.19. The predicted molar refractivity (Wildman–Crippen MR) is 120 cm³/mol. The van der Waals surface area contributed by atoms with E-state index in [1.165, 1.54) is 5.56 Å². The molecule has 5 heteroatoms. The molecular formula is C24H41N3O2. The lowest BCUT2D eigenvalue weighted by Crippen LogP contribution is -2.63. The second-order valence-electron chi connectivity index (χ2n) is 9.39. The molecule has 0 radical (unpaired) electrons.